The summed E-state index contributed by atoms with van der Waals surface area (Å²) in [5, 5.41) is 0. The van der Waals surface area contributed by atoms with Crippen molar-refractivity contribution < 1.29 is 0 Å². The molecule has 0 atom stereocenters. The quantitative estimate of drug-likeness (QED) is 0.807. The molecule has 0 aliphatic heterocycles. The summed E-state index contributed by atoms with van der Waals surface area (Å²) in [7, 11) is 0. The summed E-state index contributed by atoms with van der Waals surface area (Å²) in [5.74, 6) is 1.64. The van der Waals surface area contributed by atoms with Gasteiger partial charge in [0.2, 0.25) is 0 Å². The Morgan fingerprint density at radius 2 is 2.21 bits per heavy atom. The Hall–Kier alpha value is -1.61. The van der Waals surface area contributed by atoms with Gasteiger partial charge in [-0.3, -0.25) is 0 Å². The average Bonchev–Trinajstić information content (AvgIpc) is 2.74. The molecule has 2 aromatic rings. The first-order valence-corrected chi connectivity index (χ1v) is 6.97. The van der Waals surface area contributed by atoms with E-state index in [-0.39, 0.29) is 0 Å². The third-order valence-corrected chi connectivity index (χ3v) is 3.43. The van der Waals surface area contributed by atoms with Crippen LogP contribution in [0.1, 0.15) is 37.6 Å². The van der Waals surface area contributed by atoms with Crippen LogP contribution in [0.15, 0.2) is 30.9 Å². The standard InChI is InChI=1S/C16H23N3/c1-4-10-19-15-8-7-13(12(2)3)11-14(15)18-16(19)6-5-9-17/h4,7-8,11-12H,1,5-6,9-10,17H2,2-3H3. The number of rotatable bonds is 6. The molecule has 0 unspecified atom stereocenters. The lowest BCUT2D eigenvalue weighted by Crippen LogP contribution is -2.06. The van der Waals surface area contributed by atoms with Gasteiger partial charge in [0.1, 0.15) is 5.82 Å². The maximum Gasteiger partial charge on any atom is 0.110 e. The molecule has 0 saturated heterocycles. The number of allylic oxidation sites excluding steroid dienone is 1. The maximum absolute atomic E-state index is 5.60. The van der Waals surface area contributed by atoms with E-state index in [9.17, 15) is 0 Å². The van der Waals surface area contributed by atoms with Gasteiger partial charge in [0.15, 0.2) is 0 Å². The molecule has 19 heavy (non-hydrogen) atoms. The topological polar surface area (TPSA) is 43.8 Å². The molecule has 0 spiro atoms. The molecule has 0 amide bonds. The fourth-order valence-corrected chi connectivity index (χ4v) is 2.34. The molecule has 3 heteroatoms. The first-order chi connectivity index (χ1) is 9.17. The Morgan fingerprint density at radius 1 is 1.42 bits per heavy atom. The zero-order chi connectivity index (χ0) is 13.8. The molecule has 102 valence electrons. The minimum absolute atomic E-state index is 0.529. The number of hydrogen-bond acceptors (Lipinski definition) is 2. The van der Waals surface area contributed by atoms with Crippen LogP contribution in [0, 0.1) is 0 Å². The number of aryl methyl sites for hydroxylation is 1. The summed E-state index contributed by atoms with van der Waals surface area (Å²) in [4.78, 5) is 4.77. The predicted molar refractivity (Wildman–Crippen MR) is 81.4 cm³/mol. The monoisotopic (exact) mass is 257 g/mol. The third kappa shape index (κ3) is 2.87. The van der Waals surface area contributed by atoms with Crippen LogP contribution in [0.2, 0.25) is 0 Å². The Morgan fingerprint density at radius 3 is 2.84 bits per heavy atom. The van der Waals surface area contributed by atoms with E-state index in [0.717, 1.165) is 30.7 Å². The van der Waals surface area contributed by atoms with E-state index in [0.29, 0.717) is 12.5 Å². The molecule has 0 saturated carbocycles. The van der Waals surface area contributed by atoms with Gasteiger partial charge >= 0.3 is 0 Å². The largest absolute Gasteiger partial charge is 0.330 e. The van der Waals surface area contributed by atoms with Crippen LogP contribution in [-0.4, -0.2) is 16.1 Å². The van der Waals surface area contributed by atoms with Gasteiger partial charge in [0.25, 0.3) is 0 Å². The smallest absolute Gasteiger partial charge is 0.110 e. The number of imidazole rings is 1. The first-order valence-electron chi connectivity index (χ1n) is 6.97. The molecule has 1 aromatic carbocycles. The Kier molecular flexibility index (Phi) is 4.38. The maximum atomic E-state index is 5.60. The molecule has 1 heterocycles. The van der Waals surface area contributed by atoms with Crippen molar-refractivity contribution in [3.63, 3.8) is 0 Å². The minimum Gasteiger partial charge on any atom is -0.330 e. The predicted octanol–water partition coefficient (Wildman–Crippen LogP) is 3.24. The van der Waals surface area contributed by atoms with Crippen molar-refractivity contribution >= 4 is 11.0 Å². The summed E-state index contributed by atoms with van der Waals surface area (Å²) in [6.07, 6.45) is 3.82. The molecular formula is C16H23N3. The van der Waals surface area contributed by atoms with E-state index >= 15 is 0 Å². The van der Waals surface area contributed by atoms with Gasteiger partial charge in [-0.2, -0.15) is 0 Å². The van der Waals surface area contributed by atoms with Gasteiger partial charge in [0.05, 0.1) is 11.0 Å². The van der Waals surface area contributed by atoms with Gasteiger partial charge < -0.3 is 10.3 Å². The Bertz CT molecular complexity index is 567. The SMILES string of the molecule is C=CCn1c(CCCN)nc2cc(C(C)C)ccc21. The number of hydrogen-bond donors (Lipinski definition) is 1. The van der Waals surface area contributed by atoms with Gasteiger partial charge in [-0.15, -0.1) is 6.58 Å². The van der Waals surface area contributed by atoms with Crippen molar-refractivity contribution in [2.24, 2.45) is 5.73 Å². The van der Waals surface area contributed by atoms with E-state index in [1.54, 1.807) is 0 Å². The summed E-state index contributed by atoms with van der Waals surface area (Å²) >= 11 is 0. The van der Waals surface area contributed by atoms with Crippen molar-refractivity contribution in [3.8, 4) is 0 Å². The van der Waals surface area contributed by atoms with Crippen LogP contribution in [-0.2, 0) is 13.0 Å². The van der Waals surface area contributed by atoms with Gasteiger partial charge in [0, 0.05) is 13.0 Å². The second kappa shape index (κ2) is 6.02. The lowest BCUT2D eigenvalue weighted by Gasteiger charge is -2.07. The number of nitrogens with two attached hydrogens (primary N) is 1. The van der Waals surface area contributed by atoms with Gasteiger partial charge in [-0.05, 0) is 36.6 Å². The molecule has 2 rings (SSSR count). The first kappa shape index (κ1) is 13.8. The van der Waals surface area contributed by atoms with Crippen LogP contribution in [0.25, 0.3) is 11.0 Å². The molecule has 3 nitrogen and oxygen atoms in total. The highest BCUT2D eigenvalue weighted by atomic mass is 15.1. The van der Waals surface area contributed by atoms with Crippen molar-refractivity contribution in [1.29, 1.82) is 0 Å². The number of benzene rings is 1. The molecule has 1 aromatic heterocycles. The normalized spacial score (nSPS) is 11.4. The van der Waals surface area contributed by atoms with Crippen LogP contribution in [0.5, 0.6) is 0 Å². The van der Waals surface area contributed by atoms with E-state index in [1.165, 1.54) is 11.1 Å². The van der Waals surface area contributed by atoms with E-state index in [4.69, 9.17) is 10.7 Å². The summed E-state index contributed by atoms with van der Waals surface area (Å²) < 4.78 is 2.24. The van der Waals surface area contributed by atoms with E-state index < -0.39 is 0 Å². The highest BCUT2D eigenvalue weighted by Gasteiger charge is 2.10. The molecular weight excluding hydrogens is 234 g/mol. The van der Waals surface area contributed by atoms with Crippen molar-refractivity contribution in [2.45, 2.75) is 39.2 Å². The van der Waals surface area contributed by atoms with E-state index in [2.05, 4.69) is 43.2 Å². The summed E-state index contributed by atoms with van der Waals surface area (Å²) in [6, 6.07) is 6.57. The minimum atomic E-state index is 0.529. The number of aromatic nitrogens is 2. The lowest BCUT2D eigenvalue weighted by atomic mass is 10.0. The second-order valence-corrected chi connectivity index (χ2v) is 5.22. The summed E-state index contributed by atoms with van der Waals surface area (Å²) in [5.41, 5.74) is 9.21. The van der Waals surface area contributed by atoms with Crippen molar-refractivity contribution in [3.05, 3.63) is 42.2 Å². The summed E-state index contributed by atoms with van der Waals surface area (Å²) in [6.45, 7) is 9.75. The molecule has 2 N–H and O–H groups in total. The number of fused-ring (bicyclic) bond motifs is 1. The molecule has 0 bridgehead atoms. The number of nitrogens with zero attached hydrogens (tertiary/aromatic N) is 2. The Labute approximate surface area is 115 Å². The molecule has 0 aliphatic carbocycles. The zero-order valence-electron chi connectivity index (χ0n) is 11.9. The van der Waals surface area contributed by atoms with Crippen LogP contribution in [0.4, 0.5) is 0 Å². The second-order valence-electron chi connectivity index (χ2n) is 5.22. The van der Waals surface area contributed by atoms with Crippen molar-refractivity contribution in [2.75, 3.05) is 6.54 Å². The lowest BCUT2D eigenvalue weighted by molar-refractivity contribution is 0.712. The zero-order valence-corrected chi connectivity index (χ0v) is 11.9. The van der Waals surface area contributed by atoms with Gasteiger partial charge in [-0.25, -0.2) is 4.98 Å². The van der Waals surface area contributed by atoms with Gasteiger partial charge in [-0.1, -0.05) is 26.0 Å². The van der Waals surface area contributed by atoms with E-state index in [1.807, 2.05) is 6.08 Å². The Balaban J connectivity index is 2.48. The van der Waals surface area contributed by atoms with Crippen LogP contribution >= 0.6 is 0 Å². The molecule has 0 radical (unpaired) electrons. The third-order valence-electron chi connectivity index (χ3n) is 3.43. The fraction of sp³-hybridized carbons (Fsp3) is 0.438. The average molecular weight is 257 g/mol. The van der Waals surface area contributed by atoms with Crippen molar-refractivity contribution in [1.82, 2.24) is 9.55 Å². The highest BCUT2D eigenvalue weighted by Crippen LogP contribution is 2.23. The molecule has 0 aliphatic rings. The molecule has 0 fully saturated rings. The van der Waals surface area contributed by atoms with Crippen LogP contribution < -0.4 is 5.73 Å². The fourth-order valence-electron chi connectivity index (χ4n) is 2.34. The van der Waals surface area contributed by atoms with Crippen LogP contribution in [0.3, 0.4) is 0 Å². The highest BCUT2D eigenvalue weighted by molar-refractivity contribution is 5.77.